The number of allylic oxidation sites excluding steroid dienone is 1. The first-order valence-corrected chi connectivity index (χ1v) is 2.11. The van der Waals surface area contributed by atoms with Crippen LogP contribution in [0.4, 0.5) is 0 Å². The van der Waals surface area contributed by atoms with E-state index in [1.807, 2.05) is 0 Å². The van der Waals surface area contributed by atoms with Crippen molar-refractivity contribution >= 4 is 5.78 Å². The second kappa shape index (κ2) is 3.59. The second-order valence-electron chi connectivity index (χ2n) is 1.20. The first kappa shape index (κ1) is 6.41. The lowest BCUT2D eigenvalue weighted by molar-refractivity contribution is -0.114. The molecule has 0 aromatic rings. The van der Waals surface area contributed by atoms with Gasteiger partial charge in [0, 0.05) is 6.42 Å². The Bertz CT molecular complexity index is 74.2. The van der Waals surface area contributed by atoms with Gasteiger partial charge in [-0.25, -0.2) is 0 Å². The number of rotatable bonds is 3. The molecule has 0 N–H and O–H groups in total. The summed E-state index contributed by atoms with van der Waals surface area (Å²) in [7, 11) is 0. The standard InChI is InChI=1S/C6H8O/c1-3-5-6(7)4-2/h4H,2,5H2,1H3. The predicted octanol–water partition coefficient (Wildman–Crippen LogP) is 1.23. The van der Waals surface area contributed by atoms with Gasteiger partial charge in [0.25, 0.3) is 0 Å². The third-order valence-electron chi connectivity index (χ3n) is 0.579. The zero-order chi connectivity index (χ0) is 5.70. The normalized spacial score (nSPS) is 8.14. The maximum atomic E-state index is 10.2. The molecule has 0 aliphatic heterocycles. The summed E-state index contributed by atoms with van der Waals surface area (Å²) >= 11 is 0. The lowest BCUT2D eigenvalue weighted by Crippen LogP contribution is -1.88. The molecule has 0 bridgehead atoms. The Balaban J connectivity index is 3.17. The quantitative estimate of drug-likeness (QED) is 0.483. The molecule has 0 unspecified atom stereocenters. The van der Waals surface area contributed by atoms with E-state index < -0.39 is 0 Å². The Kier molecular flexibility index (Phi) is 3.29. The Hall–Kier alpha value is -0.590. The van der Waals surface area contributed by atoms with E-state index in [0.29, 0.717) is 6.42 Å². The van der Waals surface area contributed by atoms with Gasteiger partial charge in [0.2, 0.25) is 0 Å². The summed E-state index contributed by atoms with van der Waals surface area (Å²) < 4.78 is 0. The van der Waals surface area contributed by atoms with Crippen LogP contribution in [0.25, 0.3) is 0 Å². The molecule has 0 aromatic carbocycles. The Morgan fingerprint density at radius 3 is 2.71 bits per heavy atom. The van der Waals surface area contributed by atoms with Gasteiger partial charge in [0.1, 0.15) is 0 Å². The van der Waals surface area contributed by atoms with Crippen LogP contribution >= 0.6 is 0 Å². The summed E-state index contributed by atoms with van der Waals surface area (Å²) in [6.07, 6.45) is 4.39. The molecule has 38 valence electrons. The van der Waals surface area contributed by atoms with E-state index >= 15 is 0 Å². The van der Waals surface area contributed by atoms with Crippen LogP contribution in [0.5, 0.6) is 0 Å². The molecular weight excluding hydrogens is 88.1 g/mol. The first-order chi connectivity index (χ1) is 3.31. The van der Waals surface area contributed by atoms with Gasteiger partial charge in [-0.3, -0.25) is 4.79 Å². The smallest absolute Gasteiger partial charge is 0.155 e. The van der Waals surface area contributed by atoms with E-state index in [4.69, 9.17) is 0 Å². The van der Waals surface area contributed by atoms with Gasteiger partial charge in [-0.05, 0) is 12.5 Å². The monoisotopic (exact) mass is 96.1 g/mol. The highest BCUT2D eigenvalue weighted by Gasteiger charge is 1.88. The van der Waals surface area contributed by atoms with Crippen LogP contribution in [0.2, 0.25) is 0 Å². The summed E-state index contributed by atoms with van der Waals surface area (Å²) in [5, 5.41) is 0. The Labute approximate surface area is 44.0 Å². The summed E-state index contributed by atoms with van der Waals surface area (Å²) in [5.74, 6) is 0.0301. The van der Waals surface area contributed by atoms with Gasteiger partial charge in [-0.2, -0.15) is 0 Å². The molecule has 1 heteroatoms. The van der Waals surface area contributed by atoms with Gasteiger partial charge < -0.3 is 0 Å². The van der Waals surface area contributed by atoms with Gasteiger partial charge in [-0.1, -0.05) is 13.5 Å². The van der Waals surface area contributed by atoms with Crippen molar-refractivity contribution in [2.24, 2.45) is 0 Å². The van der Waals surface area contributed by atoms with Crippen molar-refractivity contribution in [3.63, 3.8) is 0 Å². The van der Waals surface area contributed by atoms with Gasteiger partial charge in [0.05, 0.1) is 0 Å². The third kappa shape index (κ3) is 3.23. The number of carbonyl (C=O) groups excluding carboxylic acids is 1. The fourth-order valence-electron chi connectivity index (χ4n) is 0.246. The summed E-state index contributed by atoms with van der Waals surface area (Å²) in [5.41, 5.74) is 0. The largest absolute Gasteiger partial charge is 0.295 e. The summed E-state index contributed by atoms with van der Waals surface area (Å²) in [6, 6.07) is 0. The average molecular weight is 96.1 g/mol. The van der Waals surface area contributed by atoms with Crippen molar-refractivity contribution in [2.75, 3.05) is 0 Å². The van der Waals surface area contributed by atoms with E-state index in [-0.39, 0.29) is 5.78 Å². The molecule has 2 radical (unpaired) electrons. The van der Waals surface area contributed by atoms with Crippen LogP contribution in [0, 0.1) is 6.42 Å². The average Bonchev–Trinajstić information content (AvgIpc) is 1.68. The molecule has 0 fully saturated rings. The Morgan fingerprint density at radius 2 is 2.57 bits per heavy atom. The highest BCUT2D eigenvalue weighted by Crippen LogP contribution is 1.85. The second-order valence-corrected chi connectivity index (χ2v) is 1.20. The van der Waals surface area contributed by atoms with Crippen molar-refractivity contribution in [3.05, 3.63) is 19.1 Å². The van der Waals surface area contributed by atoms with E-state index in [2.05, 4.69) is 13.0 Å². The number of ketones is 1. The zero-order valence-corrected chi connectivity index (χ0v) is 4.40. The van der Waals surface area contributed by atoms with Crippen molar-refractivity contribution in [1.29, 1.82) is 0 Å². The zero-order valence-electron chi connectivity index (χ0n) is 4.40. The van der Waals surface area contributed by atoms with E-state index in [1.165, 1.54) is 6.08 Å². The molecule has 0 aliphatic rings. The van der Waals surface area contributed by atoms with Gasteiger partial charge >= 0.3 is 0 Å². The van der Waals surface area contributed by atoms with Crippen molar-refractivity contribution in [1.82, 2.24) is 0 Å². The molecule has 0 aromatic heterocycles. The maximum absolute atomic E-state index is 10.2. The van der Waals surface area contributed by atoms with Crippen LogP contribution in [-0.4, -0.2) is 5.78 Å². The van der Waals surface area contributed by atoms with Crippen LogP contribution < -0.4 is 0 Å². The number of hydrogen-bond acceptors (Lipinski definition) is 1. The molecule has 0 atom stereocenters. The molecule has 0 heterocycles. The van der Waals surface area contributed by atoms with Gasteiger partial charge in [0.15, 0.2) is 5.78 Å². The fraction of sp³-hybridized carbons (Fsp3) is 0.333. The molecule has 0 aliphatic carbocycles. The van der Waals surface area contributed by atoms with E-state index in [1.54, 1.807) is 6.92 Å². The van der Waals surface area contributed by atoms with Gasteiger partial charge in [-0.15, -0.1) is 0 Å². The van der Waals surface area contributed by atoms with E-state index in [0.717, 1.165) is 0 Å². The minimum Gasteiger partial charge on any atom is -0.295 e. The summed E-state index contributed by atoms with van der Waals surface area (Å²) in [4.78, 5) is 10.2. The highest BCUT2D eigenvalue weighted by atomic mass is 16.1. The molecule has 0 saturated heterocycles. The molecule has 0 spiro atoms. The maximum Gasteiger partial charge on any atom is 0.155 e. The van der Waals surface area contributed by atoms with E-state index in [9.17, 15) is 4.79 Å². The predicted molar refractivity (Wildman–Crippen MR) is 28.7 cm³/mol. The highest BCUT2D eigenvalue weighted by molar-refractivity contribution is 5.89. The molecule has 0 amide bonds. The van der Waals surface area contributed by atoms with Crippen LogP contribution in [0.15, 0.2) is 12.7 Å². The summed E-state index contributed by atoms with van der Waals surface area (Å²) in [6.45, 7) is 5.01. The minimum atomic E-state index is 0.0301. The first-order valence-electron chi connectivity index (χ1n) is 2.11. The van der Waals surface area contributed by atoms with Crippen LogP contribution in [0.1, 0.15) is 13.3 Å². The topological polar surface area (TPSA) is 17.1 Å². The van der Waals surface area contributed by atoms with Crippen molar-refractivity contribution in [2.45, 2.75) is 13.3 Å². The molecule has 7 heavy (non-hydrogen) atoms. The molecule has 0 rings (SSSR count). The SMILES string of the molecule is C=CC(=O)C[C]C. The van der Waals surface area contributed by atoms with Crippen LogP contribution in [0.3, 0.4) is 0 Å². The lowest BCUT2D eigenvalue weighted by atomic mass is 10.2. The van der Waals surface area contributed by atoms with Crippen LogP contribution in [-0.2, 0) is 4.79 Å². The minimum absolute atomic E-state index is 0.0301. The van der Waals surface area contributed by atoms with Crippen molar-refractivity contribution in [3.8, 4) is 0 Å². The lowest BCUT2D eigenvalue weighted by Gasteiger charge is -1.82. The molecular formula is C6H8O. The number of carbonyl (C=O) groups is 1. The molecule has 0 saturated carbocycles. The Morgan fingerprint density at radius 1 is 2.00 bits per heavy atom. The molecule has 1 nitrogen and oxygen atoms in total. The fourth-order valence-corrected chi connectivity index (χ4v) is 0.246. The third-order valence-corrected chi connectivity index (χ3v) is 0.579. The number of hydrogen-bond donors (Lipinski definition) is 0. The van der Waals surface area contributed by atoms with Crippen molar-refractivity contribution < 1.29 is 4.79 Å².